The van der Waals surface area contributed by atoms with E-state index < -0.39 is 11.6 Å². The first kappa shape index (κ1) is 17.3. The molecule has 3 fully saturated rings. The average Bonchev–Trinajstić information content (AvgIpc) is 2.71. The number of hydrogen-bond acceptors (Lipinski definition) is 4. The highest BCUT2D eigenvalue weighted by Gasteiger charge is 2.47. The van der Waals surface area contributed by atoms with Gasteiger partial charge in [-0.25, -0.2) is 4.79 Å². The first-order valence-electron chi connectivity index (χ1n) is 9.39. The molecular formula is C22H25NO3. The van der Waals surface area contributed by atoms with Crippen molar-refractivity contribution < 1.29 is 14.6 Å². The van der Waals surface area contributed by atoms with Gasteiger partial charge in [0, 0.05) is 6.04 Å². The number of piperidine rings is 3. The monoisotopic (exact) mass is 351 g/mol. The number of esters is 1. The largest absolute Gasteiger partial charge is 0.458 e. The molecule has 2 atom stereocenters. The van der Waals surface area contributed by atoms with Crippen LogP contribution in [-0.4, -0.2) is 41.2 Å². The molecule has 3 heterocycles. The van der Waals surface area contributed by atoms with E-state index >= 15 is 0 Å². The van der Waals surface area contributed by atoms with E-state index in [9.17, 15) is 9.90 Å². The Kier molecular flexibility index (Phi) is 4.55. The van der Waals surface area contributed by atoms with Crippen molar-refractivity contribution >= 4 is 5.97 Å². The van der Waals surface area contributed by atoms with Gasteiger partial charge >= 0.3 is 5.97 Å². The quantitative estimate of drug-likeness (QED) is 0.861. The van der Waals surface area contributed by atoms with E-state index in [-0.39, 0.29) is 12.1 Å². The van der Waals surface area contributed by atoms with Gasteiger partial charge in [0.05, 0.1) is 0 Å². The van der Waals surface area contributed by atoms with Crippen LogP contribution in [0.1, 0.15) is 30.9 Å². The maximum atomic E-state index is 13.3. The molecular weight excluding hydrogens is 326 g/mol. The highest BCUT2D eigenvalue weighted by molar-refractivity contribution is 5.85. The molecule has 26 heavy (non-hydrogen) atoms. The maximum absolute atomic E-state index is 13.3. The van der Waals surface area contributed by atoms with Crippen LogP contribution in [0.15, 0.2) is 60.7 Å². The van der Waals surface area contributed by atoms with Crippen LogP contribution < -0.4 is 0 Å². The van der Waals surface area contributed by atoms with Gasteiger partial charge in [-0.2, -0.15) is 0 Å². The van der Waals surface area contributed by atoms with Crippen molar-refractivity contribution in [2.24, 2.45) is 5.92 Å². The number of carbonyl (C=O) groups excluding carboxylic acids is 1. The highest BCUT2D eigenvalue weighted by atomic mass is 16.6. The van der Waals surface area contributed by atoms with E-state index in [0.29, 0.717) is 17.0 Å². The molecule has 5 rings (SSSR count). The van der Waals surface area contributed by atoms with Gasteiger partial charge in [-0.15, -0.1) is 0 Å². The molecule has 2 aromatic carbocycles. The minimum Gasteiger partial charge on any atom is -0.458 e. The fourth-order valence-electron chi connectivity index (χ4n) is 4.42. The van der Waals surface area contributed by atoms with Gasteiger partial charge in [0.1, 0.15) is 6.10 Å². The van der Waals surface area contributed by atoms with E-state index in [0.717, 1.165) is 25.9 Å². The third-order valence-electron chi connectivity index (χ3n) is 6.01. The molecule has 0 spiro atoms. The topological polar surface area (TPSA) is 49.8 Å². The number of benzene rings is 2. The van der Waals surface area contributed by atoms with Crippen molar-refractivity contribution in [1.29, 1.82) is 0 Å². The summed E-state index contributed by atoms with van der Waals surface area (Å²) >= 11 is 0. The van der Waals surface area contributed by atoms with Gasteiger partial charge in [0.25, 0.3) is 0 Å². The summed E-state index contributed by atoms with van der Waals surface area (Å²) in [5.41, 5.74) is -0.732. The Morgan fingerprint density at radius 3 is 1.96 bits per heavy atom. The van der Waals surface area contributed by atoms with Gasteiger partial charge in [0.2, 0.25) is 5.60 Å². The summed E-state index contributed by atoms with van der Waals surface area (Å²) in [5.74, 6) is -0.199. The molecule has 3 aliphatic rings. The smallest absolute Gasteiger partial charge is 0.348 e. The molecule has 1 N–H and O–H groups in total. The Balaban J connectivity index is 1.67. The molecule has 4 heteroatoms. The standard InChI is InChI=1S/C22H25NO3/c1-16-20(17-12-14-23(16)15-13-17)26-21(24)22(25,18-8-4-2-5-9-18)19-10-6-3-7-11-19/h2-11,16-17,20,25H,12-15H2,1H3. The third kappa shape index (κ3) is 2.83. The fourth-order valence-corrected chi connectivity index (χ4v) is 4.42. The number of carbonyl (C=O) groups is 1. The molecule has 4 nitrogen and oxygen atoms in total. The molecule has 2 bridgehead atoms. The zero-order valence-electron chi connectivity index (χ0n) is 15.0. The second kappa shape index (κ2) is 6.86. The zero-order valence-corrected chi connectivity index (χ0v) is 15.0. The van der Waals surface area contributed by atoms with Crippen molar-refractivity contribution in [1.82, 2.24) is 4.90 Å². The van der Waals surface area contributed by atoms with E-state index in [4.69, 9.17) is 4.74 Å². The van der Waals surface area contributed by atoms with E-state index in [1.165, 1.54) is 0 Å². The first-order chi connectivity index (χ1) is 12.6. The van der Waals surface area contributed by atoms with Crippen LogP contribution in [0.3, 0.4) is 0 Å². The third-order valence-corrected chi connectivity index (χ3v) is 6.01. The molecule has 0 aromatic heterocycles. The second-order valence-electron chi connectivity index (χ2n) is 7.43. The lowest BCUT2D eigenvalue weighted by Crippen LogP contribution is -2.58. The second-order valence-corrected chi connectivity index (χ2v) is 7.43. The van der Waals surface area contributed by atoms with Gasteiger partial charge in [-0.1, -0.05) is 60.7 Å². The lowest BCUT2D eigenvalue weighted by molar-refractivity contribution is -0.182. The minimum atomic E-state index is -1.80. The summed E-state index contributed by atoms with van der Waals surface area (Å²) in [6.07, 6.45) is 1.94. The van der Waals surface area contributed by atoms with Crippen LogP contribution >= 0.6 is 0 Å². The summed E-state index contributed by atoms with van der Waals surface area (Å²) in [4.78, 5) is 15.6. The number of fused-ring (bicyclic) bond motifs is 3. The van der Waals surface area contributed by atoms with Crippen LogP contribution in [0.4, 0.5) is 0 Å². The molecule has 3 saturated heterocycles. The molecule has 3 aliphatic heterocycles. The predicted octanol–water partition coefficient (Wildman–Crippen LogP) is 2.95. The average molecular weight is 351 g/mol. The van der Waals surface area contributed by atoms with Crippen molar-refractivity contribution in [3.05, 3.63) is 71.8 Å². The first-order valence-corrected chi connectivity index (χ1v) is 9.39. The Labute approximate surface area is 154 Å². The molecule has 0 radical (unpaired) electrons. The van der Waals surface area contributed by atoms with Gasteiger partial charge in [-0.05, 0) is 49.9 Å². The summed E-state index contributed by atoms with van der Waals surface area (Å²) in [6.45, 7) is 4.26. The van der Waals surface area contributed by atoms with E-state index in [1.807, 2.05) is 36.4 Å². The summed E-state index contributed by atoms with van der Waals surface area (Å²) in [6, 6.07) is 18.3. The van der Waals surface area contributed by atoms with Crippen LogP contribution in [0.25, 0.3) is 0 Å². The summed E-state index contributed by atoms with van der Waals surface area (Å²) in [5, 5.41) is 11.5. The van der Waals surface area contributed by atoms with Crippen molar-refractivity contribution in [3.63, 3.8) is 0 Å². The Morgan fingerprint density at radius 1 is 1.00 bits per heavy atom. The van der Waals surface area contributed by atoms with Crippen LogP contribution in [0.5, 0.6) is 0 Å². The van der Waals surface area contributed by atoms with Gasteiger partial charge in [0.15, 0.2) is 0 Å². The highest BCUT2D eigenvalue weighted by Crippen LogP contribution is 2.37. The summed E-state index contributed by atoms with van der Waals surface area (Å²) < 4.78 is 5.98. The number of aliphatic hydroxyl groups is 1. The Hall–Kier alpha value is -2.17. The summed E-state index contributed by atoms with van der Waals surface area (Å²) in [7, 11) is 0. The lowest BCUT2D eigenvalue weighted by Gasteiger charge is -2.49. The fraction of sp³-hybridized carbons (Fsp3) is 0.409. The van der Waals surface area contributed by atoms with Gasteiger partial charge in [-0.3, -0.25) is 4.90 Å². The lowest BCUT2D eigenvalue weighted by atomic mass is 9.80. The number of ether oxygens (including phenoxy) is 1. The predicted molar refractivity (Wildman–Crippen MR) is 99.5 cm³/mol. The number of rotatable bonds is 4. The van der Waals surface area contributed by atoms with Crippen molar-refractivity contribution in [2.75, 3.05) is 13.1 Å². The van der Waals surface area contributed by atoms with E-state index in [1.54, 1.807) is 24.3 Å². The SMILES string of the molecule is CC1C(OC(=O)C(O)(c2ccccc2)c2ccccc2)C2CCN1CC2. The van der Waals surface area contributed by atoms with Crippen LogP contribution in [0.2, 0.25) is 0 Å². The Bertz CT molecular complexity index is 712. The van der Waals surface area contributed by atoms with E-state index in [2.05, 4.69) is 11.8 Å². The normalized spacial score (nSPS) is 27.9. The van der Waals surface area contributed by atoms with Crippen LogP contribution in [0, 0.1) is 5.92 Å². The maximum Gasteiger partial charge on any atom is 0.348 e. The van der Waals surface area contributed by atoms with Crippen LogP contribution in [-0.2, 0) is 15.1 Å². The minimum absolute atomic E-state index is 0.163. The molecule has 0 amide bonds. The zero-order chi connectivity index (χ0) is 18.1. The van der Waals surface area contributed by atoms with Gasteiger partial charge < -0.3 is 9.84 Å². The molecule has 2 unspecified atom stereocenters. The van der Waals surface area contributed by atoms with Crippen molar-refractivity contribution in [2.45, 2.75) is 37.5 Å². The van der Waals surface area contributed by atoms with Crippen molar-refractivity contribution in [3.8, 4) is 0 Å². The Morgan fingerprint density at radius 2 is 1.50 bits per heavy atom. The molecule has 0 saturated carbocycles. The molecule has 2 aromatic rings. The number of nitrogens with zero attached hydrogens (tertiary/aromatic N) is 1. The molecule has 136 valence electrons. The molecule has 0 aliphatic carbocycles. The number of hydrogen-bond donors (Lipinski definition) is 1.